The number of hydrogen-bond donors (Lipinski definition) is 0. The van der Waals surface area contributed by atoms with Gasteiger partial charge < -0.3 is 14.2 Å². The van der Waals surface area contributed by atoms with Crippen LogP contribution in [-0.4, -0.2) is 37.2 Å². The van der Waals surface area contributed by atoms with Crippen LogP contribution in [0.5, 0.6) is 0 Å². The molecule has 72 heavy (non-hydrogen) atoms. The van der Waals surface area contributed by atoms with E-state index in [0.29, 0.717) is 19.3 Å². The quantitative estimate of drug-likeness (QED) is 0.0343. The van der Waals surface area contributed by atoms with Crippen molar-refractivity contribution in [1.29, 1.82) is 0 Å². The first-order valence-electron chi connectivity index (χ1n) is 32.6. The van der Waals surface area contributed by atoms with Crippen molar-refractivity contribution in [2.45, 2.75) is 375 Å². The number of esters is 3. The molecule has 0 aromatic heterocycles. The fraction of sp³-hybridized carbons (Fsp3) is 0.955. The van der Waals surface area contributed by atoms with Crippen LogP contribution in [0.4, 0.5) is 0 Å². The zero-order valence-corrected chi connectivity index (χ0v) is 49.7. The Balaban J connectivity index is 4.28. The van der Waals surface area contributed by atoms with Crippen LogP contribution < -0.4 is 0 Å². The van der Waals surface area contributed by atoms with Gasteiger partial charge in [-0.1, -0.05) is 330 Å². The SMILES string of the molecule is CCC(C)CCCCCCCCCCCCCCCCC(=O)OC[C@@H](COC(=O)CCCCCCCCCCCCCCC(C)C)OC(=O)CCCCCCCCCCCCCCCCCCCCC(C)C. The van der Waals surface area contributed by atoms with Gasteiger partial charge in [0.25, 0.3) is 0 Å². The van der Waals surface area contributed by atoms with Crippen LogP contribution in [0.15, 0.2) is 0 Å². The van der Waals surface area contributed by atoms with Gasteiger partial charge in [-0.15, -0.1) is 0 Å². The fourth-order valence-corrected chi connectivity index (χ4v) is 10.2. The lowest BCUT2D eigenvalue weighted by Crippen LogP contribution is -2.30. The molecule has 0 bridgehead atoms. The zero-order chi connectivity index (χ0) is 52.6. The predicted octanol–water partition coefficient (Wildman–Crippen LogP) is 21.8. The van der Waals surface area contributed by atoms with Gasteiger partial charge in [-0.25, -0.2) is 0 Å². The van der Waals surface area contributed by atoms with Crippen LogP contribution in [0.25, 0.3) is 0 Å². The van der Waals surface area contributed by atoms with Gasteiger partial charge >= 0.3 is 17.9 Å². The summed E-state index contributed by atoms with van der Waals surface area (Å²) in [4.78, 5) is 38.3. The van der Waals surface area contributed by atoms with E-state index in [4.69, 9.17) is 14.2 Å². The first-order chi connectivity index (χ1) is 35.1. The van der Waals surface area contributed by atoms with E-state index in [1.165, 1.54) is 250 Å². The average molecular weight is 1020 g/mol. The van der Waals surface area contributed by atoms with Crippen LogP contribution in [0, 0.1) is 17.8 Å². The molecule has 0 aliphatic rings. The lowest BCUT2D eigenvalue weighted by atomic mass is 9.99. The van der Waals surface area contributed by atoms with Gasteiger partial charge in [-0.05, 0) is 37.0 Å². The van der Waals surface area contributed by atoms with Crippen molar-refractivity contribution in [2.75, 3.05) is 13.2 Å². The first-order valence-corrected chi connectivity index (χ1v) is 32.6. The summed E-state index contributed by atoms with van der Waals surface area (Å²) in [6.07, 6.45) is 62.4. The molecule has 0 saturated heterocycles. The van der Waals surface area contributed by atoms with Crippen molar-refractivity contribution in [3.8, 4) is 0 Å². The predicted molar refractivity (Wildman–Crippen MR) is 312 cm³/mol. The lowest BCUT2D eigenvalue weighted by Gasteiger charge is -2.18. The van der Waals surface area contributed by atoms with Crippen LogP contribution >= 0.6 is 0 Å². The van der Waals surface area contributed by atoms with Crippen molar-refractivity contribution < 1.29 is 28.6 Å². The lowest BCUT2D eigenvalue weighted by molar-refractivity contribution is -0.167. The minimum Gasteiger partial charge on any atom is -0.462 e. The minimum atomic E-state index is -0.765. The summed E-state index contributed by atoms with van der Waals surface area (Å²) in [6, 6.07) is 0. The van der Waals surface area contributed by atoms with Gasteiger partial charge in [0, 0.05) is 19.3 Å². The highest BCUT2D eigenvalue weighted by atomic mass is 16.6. The Bertz CT molecular complexity index is 1120. The van der Waals surface area contributed by atoms with Gasteiger partial charge in [-0.3, -0.25) is 14.4 Å². The van der Waals surface area contributed by atoms with Gasteiger partial charge in [-0.2, -0.15) is 0 Å². The average Bonchev–Trinajstić information content (AvgIpc) is 3.36. The molecule has 428 valence electrons. The van der Waals surface area contributed by atoms with Crippen LogP contribution in [0.2, 0.25) is 0 Å². The summed E-state index contributed by atoms with van der Waals surface area (Å²) in [5.41, 5.74) is 0. The first kappa shape index (κ1) is 70.4. The van der Waals surface area contributed by atoms with Gasteiger partial charge in [0.05, 0.1) is 0 Å². The molecule has 0 aliphatic heterocycles. The van der Waals surface area contributed by atoms with Crippen LogP contribution in [0.1, 0.15) is 369 Å². The molecule has 1 unspecified atom stereocenters. The van der Waals surface area contributed by atoms with Crippen LogP contribution in [-0.2, 0) is 28.6 Å². The molecular weight excluding hydrogens is 889 g/mol. The Morgan fingerprint density at radius 2 is 0.486 bits per heavy atom. The summed E-state index contributed by atoms with van der Waals surface area (Å²) in [6.45, 7) is 13.9. The van der Waals surface area contributed by atoms with Crippen LogP contribution in [0.3, 0.4) is 0 Å². The Labute approximate surface area is 450 Å². The molecule has 0 spiro atoms. The maximum absolute atomic E-state index is 12.9. The fourth-order valence-electron chi connectivity index (χ4n) is 10.2. The monoisotopic (exact) mass is 1020 g/mol. The molecule has 0 aromatic carbocycles. The summed E-state index contributed by atoms with van der Waals surface area (Å²) in [5.74, 6) is 1.75. The van der Waals surface area contributed by atoms with Gasteiger partial charge in [0.2, 0.25) is 0 Å². The highest BCUT2D eigenvalue weighted by Crippen LogP contribution is 2.20. The van der Waals surface area contributed by atoms with Crippen molar-refractivity contribution in [3.05, 3.63) is 0 Å². The summed E-state index contributed by atoms with van der Waals surface area (Å²) in [7, 11) is 0. The molecule has 2 atom stereocenters. The van der Waals surface area contributed by atoms with E-state index in [0.717, 1.165) is 75.5 Å². The Hall–Kier alpha value is -1.59. The summed E-state index contributed by atoms with van der Waals surface area (Å²) in [5, 5.41) is 0. The topological polar surface area (TPSA) is 78.9 Å². The smallest absolute Gasteiger partial charge is 0.306 e. The number of ether oxygens (including phenoxy) is 3. The van der Waals surface area contributed by atoms with E-state index in [9.17, 15) is 14.4 Å². The molecule has 0 aliphatic carbocycles. The second-order valence-corrected chi connectivity index (χ2v) is 24.0. The molecule has 0 N–H and O–H groups in total. The minimum absolute atomic E-state index is 0.0625. The Morgan fingerprint density at radius 3 is 0.722 bits per heavy atom. The highest BCUT2D eigenvalue weighted by Gasteiger charge is 2.19. The van der Waals surface area contributed by atoms with E-state index < -0.39 is 6.10 Å². The second-order valence-electron chi connectivity index (χ2n) is 24.0. The van der Waals surface area contributed by atoms with E-state index in [-0.39, 0.29) is 31.1 Å². The molecule has 0 rings (SSSR count). The molecule has 0 radical (unpaired) electrons. The van der Waals surface area contributed by atoms with Crippen molar-refractivity contribution >= 4 is 17.9 Å². The zero-order valence-electron chi connectivity index (χ0n) is 49.7. The van der Waals surface area contributed by atoms with Gasteiger partial charge in [0.1, 0.15) is 13.2 Å². The number of unbranched alkanes of at least 4 members (excludes halogenated alkanes) is 41. The van der Waals surface area contributed by atoms with Crippen molar-refractivity contribution in [2.24, 2.45) is 17.8 Å². The normalized spacial score (nSPS) is 12.5. The molecule has 0 heterocycles. The van der Waals surface area contributed by atoms with E-state index in [2.05, 4.69) is 41.5 Å². The molecule has 0 saturated carbocycles. The standard InChI is InChI=1S/C66H128O6/c1-7-62(6)54-48-42-36-30-24-17-14-15-18-25-31-37-43-49-55-64(67)70-58-63(59-71-65(68)56-50-44-38-32-26-21-20-23-29-35-41-47-53-61(4)5)72-66(69)57-51-45-39-33-27-19-13-11-9-8-10-12-16-22-28-34-40-46-52-60(2)3/h60-63H,7-59H2,1-6H3/t62?,63-/m0/s1. The van der Waals surface area contributed by atoms with Crippen molar-refractivity contribution in [1.82, 2.24) is 0 Å². The highest BCUT2D eigenvalue weighted by molar-refractivity contribution is 5.71. The maximum atomic E-state index is 12.9. The summed E-state index contributed by atoms with van der Waals surface area (Å²) < 4.78 is 17.0. The molecule has 6 heteroatoms. The maximum Gasteiger partial charge on any atom is 0.306 e. The molecule has 0 fully saturated rings. The molecule has 0 aromatic rings. The Kier molecular flexibility index (Phi) is 55.9. The number of rotatable bonds is 59. The van der Waals surface area contributed by atoms with E-state index in [1.807, 2.05) is 0 Å². The third kappa shape index (κ3) is 57.7. The molecular formula is C66H128O6. The largest absolute Gasteiger partial charge is 0.462 e. The van der Waals surface area contributed by atoms with Gasteiger partial charge in [0.15, 0.2) is 6.10 Å². The molecule has 6 nitrogen and oxygen atoms in total. The third-order valence-electron chi connectivity index (χ3n) is 15.5. The molecule has 0 amide bonds. The number of carbonyl (C=O) groups is 3. The van der Waals surface area contributed by atoms with Crippen molar-refractivity contribution in [3.63, 3.8) is 0 Å². The second kappa shape index (κ2) is 57.1. The third-order valence-corrected chi connectivity index (χ3v) is 15.5. The number of hydrogen-bond acceptors (Lipinski definition) is 6. The van der Waals surface area contributed by atoms with E-state index in [1.54, 1.807) is 0 Å². The summed E-state index contributed by atoms with van der Waals surface area (Å²) >= 11 is 0. The van der Waals surface area contributed by atoms with E-state index >= 15 is 0 Å². The number of carbonyl (C=O) groups excluding carboxylic acids is 3. The Morgan fingerprint density at radius 1 is 0.278 bits per heavy atom.